The van der Waals surface area contributed by atoms with E-state index < -0.39 is 0 Å². The lowest BCUT2D eigenvalue weighted by molar-refractivity contribution is 0.389. The van der Waals surface area contributed by atoms with Crippen LogP contribution in [0.25, 0.3) is 0 Å². The second kappa shape index (κ2) is 2.75. The van der Waals surface area contributed by atoms with Gasteiger partial charge in [0, 0.05) is 0 Å². The zero-order valence-electron chi connectivity index (χ0n) is 4.19. The van der Waals surface area contributed by atoms with Crippen LogP contribution in [0.1, 0.15) is 0 Å². The standard InChI is InChI=1S/C4H3Cl2NOS/c5-3-1-2(7-8)4(6)9-3/h1,7-8H. The fourth-order valence-electron chi connectivity index (χ4n) is 0.416. The van der Waals surface area contributed by atoms with Gasteiger partial charge in [-0.3, -0.25) is 10.7 Å². The van der Waals surface area contributed by atoms with Crippen LogP contribution >= 0.6 is 34.5 Å². The predicted molar refractivity (Wildman–Crippen MR) is 39.7 cm³/mol. The Labute approximate surface area is 66.0 Å². The Hall–Kier alpha value is 0.0400. The van der Waals surface area contributed by atoms with Gasteiger partial charge >= 0.3 is 0 Å². The highest BCUT2D eigenvalue weighted by Crippen LogP contribution is 2.34. The van der Waals surface area contributed by atoms with Crippen LogP contribution in [-0.2, 0) is 0 Å². The molecule has 1 aromatic rings. The Bertz CT molecular complexity index is 212. The molecule has 0 unspecified atom stereocenters. The normalized spacial score (nSPS) is 9.67. The van der Waals surface area contributed by atoms with Crippen LogP contribution in [0.2, 0.25) is 8.67 Å². The maximum absolute atomic E-state index is 8.35. The van der Waals surface area contributed by atoms with Crippen molar-refractivity contribution in [3.8, 4) is 0 Å². The second-order valence-electron chi connectivity index (χ2n) is 1.35. The van der Waals surface area contributed by atoms with Crippen molar-refractivity contribution in [1.29, 1.82) is 0 Å². The summed E-state index contributed by atoms with van der Waals surface area (Å²) in [6.45, 7) is 0. The summed E-state index contributed by atoms with van der Waals surface area (Å²) < 4.78 is 1.01. The van der Waals surface area contributed by atoms with Gasteiger partial charge in [0.2, 0.25) is 0 Å². The minimum absolute atomic E-state index is 0.451. The highest BCUT2D eigenvalue weighted by Gasteiger charge is 2.02. The van der Waals surface area contributed by atoms with Gasteiger partial charge in [-0.2, -0.15) is 0 Å². The van der Waals surface area contributed by atoms with Gasteiger partial charge in [-0.05, 0) is 6.07 Å². The van der Waals surface area contributed by atoms with Crippen molar-refractivity contribution in [2.24, 2.45) is 0 Å². The molecule has 2 nitrogen and oxygen atoms in total. The largest absolute Gasteiger partial charge is 0.291 e. The number of halogens is 2. The van der Waals surface area contributed by atoms with Crippen molar-refractivity contribution < 1.29 is 5.21 Å². The molecular weight excluding hydrogens is 181 g/mol. The summed E-state index contributed by atoms with van der Waals surface area (Å²) in [7, 11) is 0. The maximum atomic E-state index is 8.35. The third kappa shape index (κ3) is 1.49. The SMILES string of the molecule is ONc1cc(Cl)sc1Cl. The van der Waals surface area contributed by atoms with E-state index in [1.54, 1.807) is 6.07 Å². The summed E-state index contributed by atoms with van der Waals surface area (Å²) in [5.74, 6) is 0. The van der Waals surface area contributed by atoms with Crippen LogP contribution in [0.15, 0.2) is 6.07 Å². The molecule has 9 heavy (non-hydrogen) atoms. The van der Waals surface area contributed by atoms with Gasteiger partial charge in [-0.1, -0.05) is 23.2 Å². The minimum atomic E-state index is 0.451. The van der Waals surface area contributed by atoms with Crippen molar-refractivity contribution in [3.05, 3.63) is 14.7 Å². The molecule has 1 aromatic heterocycles. The lowest BCUT2D eigenvalue weighted by Gasteiger charge is -1.89. The van der Waals surface area contributed by atoms with E-state index in [1.165, 1.54) is 11.3 Å². The van der Waals surface area contributed by atoms with Crippen LogP contribution in [-0.4, -0.2) is 5.21 Å². The second-order valence-corrected chi connectivity index (χ2v) is 3.64. The van der Waals surface area contributed by atoms with Crippen LogP contribution < -0.4 is 5.48 Å². The summed E-state index contributed by atoms with van der Waals surface area (Å²) in [6, 6.07) is 1.55. The molecule has 50 valence electrons. The Kier molecular flexibility index (Phi) is 2.18. The van der Waals surface area contributed by atoms with E-state index in [1.807, 2.05) is 5.48 Å². The molecule has 0 spiro atoms. The van der Waals surface area contributed by atoms with E-state index >= 15 is 0 Å². The van der Waals surface area contributed by atoms with Gasteiger partial charge in [-0.15, -0.1) is 11.3 Å². The van der Waals surface area contributed by atoms with E-state index in [4.69, 9.17) is 28.4 Å². The molecule has 0 aliphatic carbocycles. The first-order valence-electron chi connectivity index (χ1n) is 2.09. The van der Waals surface area contributed by atoms with Crippen molar-refractivity contribution in [1.82, 2.24) is 0 Å². The summed E-state index contributed by atoms with van der Waals surface area (Å²) in [4.78, 5) is 0. The number of nitrogens with one attached hydrogen (secondary N) is 1. The van der Waals surface area contributed by atoms with Gasteiger partial charge in [0.05, 0.1) is 10.0 Å². The van der Waals surface area contributed by atoms with Gasteiger partial charge in [-0.25, -0.2) is 0 Å². The zero-order valence-corrected chi connectivity index (χ0v) is 6.52. The van der Waals surface area contributed by atoms with Crippen LogP contribution in [0.3, 0.4) is 0 Å². The third-order valence-corrected chi connectivity index (χ3v) is 2.26. The molecule has 1 rings (SSSR count). The zero-order chi connectivity index (χ0) is 6.85. The average molecular weight is 184 g/mol. The van der Waals surface area contributed by atoms with Gasteiger partial charge in [0.15, 0.2) is 0 Å². The average Bonchev–Trinajstić information content (AvgIpc) is 2.10. The highest BCUT2D eigenvalue weighted by molar-refractivity contribution is 7.20. The van der Waals surface area contributed by atoms with Crippen molar-refractivity contribution >= 4 is 40.2 Å². The monoisotopic (exact) mass is 183 g/mol. The van der Waals surface area contributed by atoms with E-state index in [2.05, 4.69) is 0 Å². The number of anilines is 1. The van der Waals surface area contributed by atoms with Gasteiger partial charge in [0.1, 0.15) is 4.34 Å². The molecular formula is C4H3Cl2NOS. The van der Waals surface area contributed by atoms with Crippen molar-refractivity contribution in [2.75, 3.05) is 5.48 Å². The fraction of sp³-hybridized carbons (Fsp3) is 0. The van der Waals surface area contributed by atoms with Crippen molar-refractivity contribution in [2.45, 2.75) is 0 Å². The molecule has 5 heteroatoms. The summed E-state index contributed by atoms with van der Waals surface area (Å²) in [5.41, 5.74) is 2.36. The molecule has 0 aliphatic rings. The van der Waals surface area contributed by atoms with E-state index in [0.717, 1.165) is 0 Å². The topological polar surface area (TPSA) is 32.3 Å². The lowest BCUT2D eigenvalue weighted by Crippen LogP contribution is -1.84. The first-order valence-corrected chi connectivity index (χ1v) is 3.66. The molecule has 0 amide bonds. The minimum Gasteiger partial charge on any atom is -0.291 e. The maximum Gasteiger partial charge on any atom is 0.120 e. The fourth-order valence-corrected chi connectivity index (χ4v) is 1.78. The lowest BCUT2D eigenvalue weighted by atomic mass is 10.6. The molecule has 0 aromatic carbocycles. The number of thiophene rings is 1. The quantitative estimate of drug-likeness (QED) is 0.657. The summed E-state index contributed by atoms with van der Waals surface area (Å²) >= 11 is 12.3. The Morgan fingerprint density at radius 1 is 1.56 bits per heavy atom. The van der Waals surface area contributed by atoms with Crippen LogP contribution in [0.4, 0.5) is 5.69 Å². The summed E-state index contributed by atoms with van der Waals surface area (Å²) in [6.07, 6.45) is 0. The first kappa shape index (κ1) is 7.15. The number of hydrogen-bond donors (Lipinski definition) is 2. The molecule has 0 aliphatic heterocycles. The summed E-state index contributed by atoms with van der Waals surface area (Å²) in [5, 5.41) is 8.35. The number of hydrogen-bond acceptors (Lipinski definition) is 3. The Balaban J connectivity index is 3.01. The molecule has 0 fully saturated rings. The molecule has 0 bridgehead atoms. The Morgan fingerprint density at radius 2 is 2.22 bits per heavy atom. The predicted octanol–water partition coefficient (Wildman–Crippen LogP) is 2.86. The highest BCUT2D eigenvalue weighted by atomic mass is 35.5. The molecule has 2 N–H and O–H groups in total. The molecule has 1 heterocycles. The molecule has 0 saturated heterocycles. The Morgan fingerprint density at radius 3 is 2.44 bits per heavy atom. The van der Waals surface area contributed by atoms with Crippen LogP contribution in [0.5, 0.6) is 0 Å². The van der Waals surface area contributed by atoms with E-state index in [-0.39, 0.29) is 0 Å². The van der Waals surface area contributed by atoms with E-state index in [0.29, 0.717) is 14.4 Å². The molecule has 0 saturated carbocycles. The number of rotatable bonds is 1. The smallest absolute Gasteiger partial charge is 0.120 e. The van der Waals surface area contributed by atoms with Crippen molar-refractivity contribution in [3.63, 3.8) is 0 Å². The molecule has 0 radical (unpaired) electrons. The third-order valence-electron chi connectivity index (χ3n) is 0.777. The van der Waals surface area contributed by atoms with E-state index in [9.17, 15) is 0 Å². The van der Waals surface area contributed by atoms with Gasteiger partial charge in [0.25, 0.3) is 0 Å². The first-order chi connectivity index (χ1) is 4.24. The molecule has 0 atom stereocenters. The van der Waals surface area contributed by atoms with Gasteiger partial charge < -0.3 is 0 Å². The van der Waals surface area contributed by atoms with Crippen LogP contribution in [0, 0.1) is 0 Å².